The van der Waals surface area contributed by atoms with Gasteiger partial charge in [0, 0.05) is 30.5 Å². The highest BCUT2D eigenvalue weighted by Gasteiger charge is 2.74. The highest BCUT2D eigenvalue weighted by Crippen LogP contribution is 2.62. The van der Waals surface area contributed by atoms with Gasteiger partial charge in [-0.1, -0.05) is 37.3 Å². The van der Waals surface area contributed by atoms with Gasteiger partial charge in [-0.25, -0.2) is 8.42 Å². The standard InChI is InChI=1S/C24H29N3O5S/c1-2-21(27-13-7-8-14-27)25-18-10-4-6-12-20(18)33(30,31)26-24(23(28)29)17-15-32-19-11-5-3-9-16(19)22(17)24/h3-6,9-12,17,21-22,25-26H,2,7-8,13-15H2,1H3,(H,28,29)/t17?,21-,22?,24?/m1/s1. The van der Waals surface area contributed by atoms with Crippen LogP contribution >= 0.6 is 0 Å². The number of anilines is 1. The molecule has 1 aliphatic carbocycles. The first kappa shape index (κ1) is 22.2. The molecule has 3 aliphatic rings. The Kier molecular flexibility index (Phi) is 5.58. The Balaban J connectivity index is 1.46. The van der Waals surface area contributed by atoms with Crippen LogP contribution in [0, 0.1) is 5.92 Å². The number of benzene rings is 2. The molecule has 0 bridgehead atoms. The summed E-state index contributed by atoms with van der Waals surface area (Å²) in [6.07, 6.45) is 3.10. The molecule has 33 heavy (non-hydrogen) atoms. The number of nitrogens with zero attached hydrogens (tertiary/aromatic N) is 1. The number of likely N-dealkylation sites (tertiary alicyclic amines) is 1. The summed E-state index contributed by atoms with van der Waals surface area (Å²) in [6.45, 7) is 4.17. The molecule has 3 N–H and O–H groups in total. The minimum Gasteiger partial charge on any atom is -0.493 e. The van der Waals surface area contributed by atoms with Crippen molar-refractivity contribution in [1.82, 2.24) is 9.62 Å². The normalized spacial score (nSPS) is 27.2. The lowest BCUT2D eigenvalue weighted by atomic mass is 10.0. The summed E-state index contributed by atoms with van der Waals surface area (Å²) >= 11 is 0. The van der Waals surface area contributed by atoms with Crippen LogP contribution < -0.4 is 14.8 Å². The second-order valence-corrected chi connectivity index (χ2v) is 10.7. The Morgan fingerprint density at radius 3 is 2.61 bits per heavy atom. The van der Waals surface area contributed by atoms with Gasteiger partial charge < -0.3 is 15.2 Å². The van der Waals surface area contributed by atoms with E-state index in [9.17, 15) is 18.3 Å². The third-order valence-electron chi connectivity index (χ3n) is 7.17. The predicted octanol–water partition coefficient (Wildman–Crippen LogP) is 2.84. The molecule has 8 nitrogen and oxygen atoms in total. The molecule has 2 aromatic rings. The van der Waals surface area contributed by atoms with E-state index in [0.717, 1.165) is 37.9 Å². The lowest BCUT2D eigenvalue weighted by Gasteiger charge is -2.29. The van der Waals surface area contributed by atoms with E-state index >= 15 is 0 Å². The van der Waals surface area contributed by atoms with Crippen LogP contribution in [0.5, 0.6) is 5.75 Å². The zero-order valence-electron chi connectivity index (χ0n) is 18.5. The maximum atomic E-state index is 13.6. The molecule has 176 valence electrons. The Morgan fingerprint density at radius 1 is 1.18 bits per heavy atom. The fourth-order valence-electron chi connectivity index (χ4n) is 5.45. The summed E-state index contributed by atoms with van der Waals surface area (Å²) in [7, 11) is -4.14. The molecule has 2 aromatic carbocycles. The number of carboxylic acids is 1. The van der Waals surface area contributed by atoms with E-state index in [2.05, 4.69) is 21.9 Å². The van der Waals surface area contributed by atoms with Crippen LogP contribution in [0.2, 0.25) is 0 Å². The van der Waals surface area contributed by atoms with Crippen molar-refractivity contribution >= 4 is 21.7 Å². The van der Waals surface area contributed by atoms with Crippen LogP contribution in [-0.4, -0.2) is 55.8 Å². The fraction of sp³-hybridized carbons (Fsp3) is 0.458. The third-order valence-corrected chi connectivity index (χ3v) is 8.71. The van der Waals surface area contributed by atoms with Crippen LogP contribution in [0.15, 0.2) is 53.4 Å². The molecule has 0 radical (unpaired) electrons. The van der Waals surface area contributed by atoms with Crippen LogP contribution in [0.4, 0.5) is 5.69 Å². The van der Waals surface area contributed by atoms with E-state index in [1.165, 1.54) is 6.07 Å². The van der Waals surface area contributed by atoms with E-state index in [1.54, 1.807) is 24.3 Å². The number of carbonyl (C=O) groups is 1. The summed E-state index contributed by atoms with van der Waals surface area (Å²) in [5.41, 5.74) is -0.424. The van der Waals surface area contributed by atoms with E-state index in [4.69, 9.17) is 4.74 Å². The van der Waals surface area contributed by atoms with Gasteiger partial charge in [-0.3, -0.25) is 9.69 Å². The smallest absolute Gasteiger partial charge is 0.326 e. The average Bonchev–Trinajstić information content (AvgIpc) is 3.16. The SMILES string of the molecule is CC[C@H](Nc1ccccc1S(=O)(=O)NC1(C(=O)O)C2COc3ccccc3C21)N1CCCC1. The summed E-state index contributed by atoms with van der Waals surface area (Å²) in [6, 6.07) is 13.9. The topological polar surface area (TPSA) is 108 Å². The van der Waals surface area contributed by atoms with Gasteiger partial charge in [0.25, 0.3) is 0 Å². The largest absolute Gasteiger partial charge is 0.493 e. The molecule has 0 aromatic heterocycles. The quantitative estimate of drug-likeness (QED) is 0.543. The van der Waals surface area contributed by atoms with Crippen molar-refractivity contribution in [1.29, 1.82) is 0 Å². The Labute approximate surface area is 194 Å². The summed E-state index contributed by atoms with van der Waals surface area (Å²) in [4.78, 5) is 14.8. The zero-order valence-corrected chi connectivity index (χ0v) is 19.3. The van der Waals surface area contributed by atoms with Crippen molar-refractivity contribution in [3.63, 3.8) is 0 Å². The first-order valence-electron chi connectivity index (χ1n) is 11.5. The van der Waals surface area contributed by atoms with Crippen molar-refractivity contribution < 1.29 is 23.1 Å². The number of para-hydroxylation sites is 2. The number of hydrogen-bond donors (Lipinski definition) is 3. The Morgan fingerprint density at radius 2 is 1.88 bits per heavy atom. The van der Waals surface area contributed by atoms with Crippen molar-refractivity contribution in [2.75, 3.05) is 25.0 Å². The maximum Gasteiger partial charge on any atom is 0.326 e. The van der Waals surface area contributed by atoms with Gasteiger partial charge >= 0.3 is 5.97 Å². The average molecular weight is 472 g/mol. The zero-order chi connectivity index (χ0) is 23.2. The van der Waals surface area contributed by atoms with Gasteiger partial charge in [0.15, 0.2) is 0 Å². The minimum atomic E-state index is -4.14. The van der Waals surface area contributed by atoms with Gasteiger partial charge in [-0.05, 0) is 37.5 Å². The number of hydrogen-bond acceptors (Lipinski definition) is 6. The van der Waals surface area contributed by atoms with Gasteiger partial charge in [0.1, 0.15) is 16.2 Å². The molecule has 5 rings (SSSR count). The summed E-state index contributed by atoms with van der Waals surface area (Å²) in [5, 5.41) is 13.6. The predicted molar refractivity (Wildman–Crippen MR) is 124 cm³/mol. The molecule has 2 aliphatic heterocycles. The molecule has 0 amide bonds. The number of rotatable bonds is 8. The lowest BCUT2D eigenvalue weighted by Crippen LogP contribution is -2.46. The van der Waals surface area contributed by atoms with Crippen LogP contribution in [0.1, 0.15) is 37.7 Å². The van der Waals surface area contributed by atoms with Gasteiger partial charge in [-0.2, -0.15) is 4.72 Å². The molecular formula is C24H29N3O5S. The van der Waals surface area contributed by atoms with Crippen LogP contribution in [0.25, 0.3) is 0 Å². The van der Waals surface area contributed by atoms with Crippen molar-refractivity contribution in [3.8, 4) is 5.75 Å². The Bertz CT molecular complexity index is 1160. The highest BCUT2D eigenvalue weighted by atomic mass is 32.2. The number of fused-ring (bicyclic) bond motifs is 3. The summed E-state index contributed by atoms with van der Waals surface area (Å²) in [5.74, 6) is -1.51. The monoisotopic (exact) mass is 471 g/mol. The molecule has 3 unspecified atom stereocenters. The van der Waals surface area contributed by atoms with E-state index in [0.29, 0.717) is 11.4 Å². The first-order chi connectivity index (χ1) is 15.9. The second-order valence-electron chi connectivity index (χ2n) is 9.02. The van der Waals surface area contributed by atoms with Crippen molar-refractivity contribution in [2.24, 2.45) is 5.92 Å². The van der Waals surface area contributed by atoms with Gasteiger partial charge in [0.2, 0.25) is 10.0 Å². The van der Waals surface area contributed by atoms with E-state index < -0.39 is 33.4 Å². The Hall–Kier alpha value is -2.62. The van der Waals surface area contributed by atoms with E-state index in [1.807, 2.05) is 18.2 Å². The molecule has 4 atom stereocenters. The minimum absolute atomic E-state index is 0.0149. The van der Waals surface area contributed by atoms with Gasteiger partial charge in [-0.15, -0.1) is 0 Å². The number of carboxylic acid groups (broad SMARTS) is 1. The molecule has 2 heterocycles. The second kappa shape index (κ2) is 8.30. The molecule has 0 spiro atoms. The van der Waals surface area contributed by atoms with Crippen LogP contribution in [0.3, 0.4) is 0 Å². The highest BCUT2D eigenvalue weighted by molar-refractivity contribution is 7.89. The first-order valence-corrected chi connectivity index (χ1v) is 13.0. The maximum absolute atomic E-state index is 13.6. The van der Waals surface area contributed by atoms with Crippen molar-refractivity contribution in [2.45, 2.75) is 48.7 Å². The summed E-state index contributed by atoms with van der Waals surface area (Å²) < 4.78 is 35.5. The lowest BCUT2D eigenvalue weighted by molar-refractivity contribution is -0.140. The molecular weight excluding hydrogens is 442 g/mol. The number of aliphatic carboxylic acids is 1. The van der Waals surface area contributed by atoms with Gasteiger partial charge in [0.05, 0.1) is 18.5 Å². The number of nitrogens with one attached hydrogen (secondary N) is 2. The molecule has 1 saturated heterocycles. The number of ether oxygens (including phenoxy) is 1. The number of sulfonamides is 1. The fourth-order valence-corrected chi connectivity index (χ4v) is 7.05. The molecule has 9 heteroatoms. The van der Waals surface area contributed by atoms with E-state index in [-0.39, 0.29) is 17.7 Å². The third kappa shape index (κ3) is 3.68. The van der Waals surface area contributed by atoms with Crippen LogP contribution in [-0.2, 0) is 14.8 Å². The molecule has 2 fully saturated rings. The van der Waals surface area contributed by atoms with Crippen molar-refractivity contribution in [3.05, 3.63) is 54.1 Å². The molecule has 1 saturated carbocycles.